The molecule has 1 aliphatic carbocycles. The van der Waals surface area contributed by atoms with E-state index >= 15 is 0 Å². The van der Waals surface area contributed by atoms with Crippen LogP contribution in [-0.2, 0) is 0 Å². The van der Waals surface area contributed by atoms with Crippen molar-refractivity contribution in [2.24, 2.45) is 5.92 Å². The fourth-order valence-electron chi connectivity index (χ4n) is 3.70. The number of imide groups is 1. The van der Waals surface area contributed by atoms with Gasteiger partial charge in [-0.25, -0.2) is 0 Å². The van der Waals surface area contributed by atoms with Crippen molar-refractivity contribution in [3.8, 4) is 0 Å². The first-order chi connectivity index (χ1) is 11.7. The summed E-state index contributed by atoms with van der Waals surface area (Å²) in [5.41, 5.74) is 1.09. The van der Waals surface area contributed by atoms with Crippen LogP contribution in [0.25, 0.3) is 0 Å². The normalized spacial score (nSPS) is 21.4. The molecule has 2 fully saturated rings. The molecule has 136 valence electrons. The Morgan fingerprint density at radius 2 is 1.52 bits per heavy atom. The Labute approximate surface area is 155 Å². The van der Waals surface area contributed by atoms with E-state index in [1.165, 1.54) is 24.3 Å². The highest BCUT2D eigenvalue weighted by Crippen LogP contribution is 2.28. The third-order valence-electron chi connectivity index (χ3n) is 5.50. The number of piperidine rings is 1. The number of nitrogens with one attached hydrogen (secondary N) is 1. The molecule has 25 heavy (non-hydrogen) atoms. The van der Waals surface area contributed by atoms with E-state index in [1.807, 2.05) is 12.1 Å². The summed E-state index contributed by atoms with van der Waals surface area (Å²) >= 11 is 0. The maximum absolute atomic E-state index is 12.4. The maximum atomic E-state index is 12.4. The highest BCUT2D eigenvalue weighted by Gasteiger charge is 2.35. The standard InChI is InChI=1S/C19H25N3O2.ClH/c23-18-16-3-1-2-4-17(16)19(24)22(18)12-11-21-9-7-15(8-10-21)20-13-14-5-6-14;/h1-4,14-15,20H,5-13H2;1H. The molecule has 0 spiro atoms. The predicted molar refractivity (Wildman–Crippen MR) is 99.2 cm³/mol. The molecule has 6 heteroatoms. The Hall–Kier alpha value is -1.43. The number of carbonyl (C=O) groups excluding carboxylic acids is 2. The minimum absolute atomic E-state index is 0. The van der Waals surface area contributed by atoms with Crippen molar-refractivity contribution in [1.82, 2.24) is 15.1 Å². The number of likely N-dealkylation sites (tertiary alicyclic amines) is 1. The Kier molecular flexibility index (Phi) is 5.77. The first kappa shape index (κ1) is 18.4. The van der Waals surface area contributed by atoms with E-state index in [4.69, 9.17) is 0 Å². The van der Waals surface area contributed by atoms with Gasteiger partial charge in [0.2, 0.25) is 0 Å². The summed E-state index contributed by atoms with van der Waals surface area (Å²) in [6.45, 7) is 4.55. The first-order valence-corrected chi connectivity index (χ1v) is 9.13. The zero-order chi connectivity index (χ0) is 16.5. The highest BCUT2D eigenvalue weighted by atomic mass is 35.5. The molecule has 2 heterocycles. The third-order valence-corrected chi connectivity index (χ3v) is 5.50. The van der Waals surface area contributed by atoms with E-state index in [1.54, 1.807) is 12.1 Å². The van der Waals surface area contributed by atoms with Gasteiger partial charge in [-0.15, -0.1) is 12.4 Å². The number of halogens is 1. The topological polar surface area (TPSA) is 52.7 Å². The van der Waals surface area contributed by atoms with Crippen LogP contribution in [0.1, 0.15) is 46.4 Å². The smallest absolute Gasteiger partial charge is 0.261 e. The minimum Gasteiger partial charge on any atom is -0.314 e. The van der Waals surface area contributed by atoms with E-state index in [0.717, 1.165) is 38.4 Å². The molecular weight excluding hydrogens is 338 g/mol. The number of nitrogens with zero attached hydrogens (tertiary/aromatic N) is 2. The Morgan fingerprint density at radius 1 is 0.920 bits per heavy atom. The van der Waals surface area contributed by atoms with Crippen molar-refractivity contribution in [3.63, 3.8) is 0 Å². The van der Waals surface area contributed by atoms with Gasteiger partial charge in [0, 0.05) is 19.1 Å². The van der Waals surface area contributed by atoms with E-state index in [2.05, 4.69) is 10.2 Å². The number of hydrogen-bond donors (Lipinski definition) is 1. The molecule has 0 unspecified atom stereocenters. The minimum atomic E-state index is -0.142. The highest BCUT2D eigenvalue weighted by molar-refractivity contribution is 6.21. The molecule has 1 saturated carbocycles. The van der Waals surface area contributed by atoms with Gasteiger partial charge < -0.3 is 10.2 Å². The van der Waals surface area contributed by atoms with Crippen molar-refractivity contribution < 1.29 is 9.59 Å². The third kappa shape index (κ3) is 4.05. The number of rotatable bonds is 6. The molecule has 0 radical (unpaired) electrons. The SMILES string of the molecule is Cl.O=C1c2ccccc2C(=O)N1CCN1CCC(NCC2CC2)CC1. The molecule has 1 aromatic rings. The number of benzene rings is 1. The van der Waals surface area contributed by atoms with Gasteiger partial charge in [0.05, 0.1) is 11.1 Å². The predicted octanol–water partition coefficient (Wildman–Crippen LogP) is 2.17. The molecule has 0 atom stereocenters. The Balaban J connectivity index is 0.00000182. The fourth-order valence-corrected chi connectivity index (χ4v) is 3.70. The molecule has 1 N–H and O–H groups in total. The number of carbonyl (C=O) groups is 2. The van der Waals surface area contributed by atoms with Crippen molar-refractivity contribution in [2.45, 2.75) is 31.7 Å². The average Bonchev–Trinajstić information content (AvgIpc) is 3.41. The lowest BCUT2D eigenvalue weighted by molar-refractivity contribution is 0.0628. The summed E-state index contributed by atoms with van der Waals surface area (Å²) in [6, 6.07) is 7.75. The summed E-state index contributed by atoms with van der Waals surface area (Å²) in [5, 5.41) is 3.68. The van der Waals surface area contributed by atoms with E-state index in [9.17, 15) is 9.59 Å². The Morgan fingerprint density at radius 3 is 2.08 bits per heavy atom. The zero-order valence-corrected chi connectivity index (χ0v) is 15.3. The second-order valence-electron chi connectivity index (χ2n) is 7.28. The van der Waals surface area contributed by atoms with Crippen LogP contribution in [0.15, 0.2) is 24.3 Å². The van der Waals surface area contributed by atoms with Gasteiger partial charge >= 0.3 is 0 Å². The van der Waals surface area contributed by atoms with Gasteiger partial charge in [-0.3, -0.25) is 14.5 Å². The van der Waals surface area contributed by atoms with Crippen molar-refractivity contribution in [3.05, 3.63) is 35.4 Å². The van der Waals surface area contributed by atoms with Crippen molar-refractivity contribution >= 4 is 24.2 Å². The van der Waals surface area contributed by atoms with Crippen LogP contribution in [0.2, 0.25) is 0 Å². The molecule has 5 nitrogen and oxygen atoms in total. The van der Waals surface area contributed by atoms with E-state index in [0.29, 0.717) is 23.7 Å². The lowest BCUT2D eigenvalue weighted by Gasteiger charge is -2.33. The monoisotopic (exact) mass is 363 g/mol. The summed E-state index contributed by atoms with van der Waals surface area (Å²) in [7, 11) is 0. The van der Waals surface area contributed by atoms with Gasteiger partial charge in [-0.05, 0) is 63.4 Å². The van der Waals surface area contributed by atoms with E-state index < -0.39 is 0 Å². The average molecular weight is 364 g/mol. The quantitative estimate of drug-likeness (QED) is 0.787. The van der Waals surface area contributed by atoms with Crippen molar-refractivity contribution in [2.75, 3.05) is 32.7 Å². The molecule has 1 saturated heterocycles. The van der Waals surface area contributed by atoms with Crippen LogP contribution >= 0.6 is 12.4 Å². The Bertz CT molecular complexity index is 604. The largest absolute Gasteiger partial charge is 0.314 e. The lowest BCUT2D eigenvalue weighted by atomic mass is 10.0. The molecule has 0 aromatic heterocycles. The van der Waals surface area contributed by atoms with Crippen LogP contribution in [-0.4, -0.2) is 60.4 Å². The summed E-state index contributed by atoms with van der Waals surface area (Å²) in [4.78, 5) is 28.5. The van der Waals surface area contributed by atoms with Gasteiger partial charge in [-0.1, -0.05) is 12.1 Å². The van der Waals surface area contributed by atoms with Crippen LogP contribution in [0, 0.1) is 5.92 Å². The second-order valence-corrected chi connectivity index (χ2v) is 7.28. The van der Waals surface area contributed by atoms with Crippen LogP contribution < -0.4 is 5.32 Å². The number of hydrogen-bond acceptors (Lipinski definition) is 4. The second kappa shape index (κ2) is 7.85. The van der Waals surface area contributed by atoms with Gasteiger partial charge in [0.1, 0.15) is 0 Å². The molecule has 2 amide bonds. The summed E-state index contributed by atoms with van der Waals surface area (Å²) in [6.07, 6.45) is 5.11. The number of fused-ring (bicyclic) bond motifs is 1. The van der Waals surface area contributed by atoms with Crippen LogP contribution in [0.4, 0.5) is 0 Å². The lowest BCUT2D eigenvalue weighted by Crippen LogP contribution is -2.46. The van der Waals surface area contributed by atoms with E-state index in [-0.39, 0.29) is 24.2 Å². The first-order valence-electron chi connectivity index (χ1n) is 9.13. The molecule has 2 aliphatic heterocycles. The molecule has 1 aromatic carbocycles. The summed E-state index contributed by atoms with van der Waals surface area (Å²) in [5.74, 6) is 0.644. The molecular formula is C19H26ClN3O2. The molecule has 4 rings (SSSR count). The zero-order valence-electron chi connectivity index (χ0n) is 14.4. The maximum Gasteiger partial charge on any atom is 0.261 e. The summed E-state index contributed by atoms with van der Waals surface area (Å²) < 4.78 is 0. The van der Waals surface area contributed by atoms with Crippen LogP contribution in [0.5, 0.6) is 0 Å². The van der Waals surface area contributed by atoms with Gasteiger partial charge in [0.25, 0.3) is 11.8 Å². The van der Waals surface area contributed by atoms with Gasteiger partial charge in [0.15, 0.2) is 0 Å². The van der Waals surface area contributed by atoms with Gasteiger partial charge in [-0.2, -0.15) is 0 Å². The fraction of sp³-hybridized carbons (Fsp3) is 0.579. The molecule has 0 bridgehead atoms. The molecule has 3 aliphatic rings. The number of amides is 2. The van der Waals surface area contributed by atoms with Crippen LogP contribution in [0.3, 0.4) is 0 Å². The van der Waals surface area contributed by atoms with Crippen molar-refractivity contribution in [1.29, 1.82) is 0 Å².